The lowest BCUT2D eigenvalue weighted by atomic mass is 10.2. The maximum Gasteiger partial charge on any atom is 0.312 e. The summed E-state index contributed by atoms with van der Waals surface area (Å²) >= 11 is 1.35. The van der Waals surface area contributed by atoms with Crippen molar-refractivity contribution in [3.8, 4) is 0 Å². The Morgan fingerprint density at radius 2 is 1.70 bits per heavy atom. The van der Waals surface area contributed by atoms with Crippen LogP contribution < -0.4 is 21.9 Å². The fraction of sp³-hybridized carbons (Fsp3) is 0.250. The van der Waals surface area contributed by atoms with Gasteiger partial charge in [0.05, 0.1) is 5.75 Å². The zero-order valence-corrected chi connectivity index (χ0v) is 11.8. The summed E-state index contributed by atoms with van der Waals surface area (Å²) in [7, 11) is 0. The van der Waals surface area contributed by atoms with E-state index in [1.54, 1.807) is 0 Å². The summed E-state index contributed by atoms with van der Waals surface area (Å²) in [4.78, 5) is 34.0. The average molecular weight is 296 g/mol. The highest BCUT2D eigenvalue weighted by atomic mass is 32.2. The fourth-order valence-electron chi connectivity index (χ4n) is 1.17. The number of carbonyl (C=O) groups is 3. The Bertz CT molecular complexity index is 490. The molecule has 0 atom stereocenters. The molecule has 8 heteroatoms. The summed E-state index contributed by atoms with van der Waals surface area (Å²) in [6.07, 6.45) is 0. The van der Waals surface area contributed by atoms with E-state index in [2.05, 4.69) is 16.2 Å². The molecule has 0 aromatic heterocycles. The van der Waals surface area contributed by atoms with E-state index in [0.717, 1.165) is 10.5 Å². The summed E-state index contributed by atoms with van der Waals surface area (Å²) in [5.74, 6) is -0.729. The molecule has 0 heterocycles. The second-order valence-electron chi connectivity index (χ2n) is 3.92. The molecule has 0 fully saturated rings. The molecule has 0 radical (unpaired) electrons. The minimum atomic E-state index is -0.804. The molecule has 0 saturated heterocycles. The van der Waals surface area contributed by atoms with Gasteiger partial charge in [0.1, 0.15) is 6.54 Å². The molecule has 0 aliphatic carbocycles. The zero-order chi connectivity index (χ0) is 15.0. The molecule has 4 amide bonds. The van der Waals surface area contributed by atoms with Crippen molar-refractivity contribution in [1.82, 2.24) is 16.2 Å². The number of aryl methyl sites for hydroxylation is 1. The van der Waals surface area contributed by atoms with Crippen molar-refractivity contribution < 1.29 is 14.4 Å². The molecule has 0 aliphatic rings. The number of amides is 4. The minimum absolute atomic E-state index is 0.173. The van der Waals surface area contributed by atoms with Gasteiger partial charge in [-0.3, -0.25) is 20.4 Å². The lowest BCUT2D eigenvalue weighted by Gasteiger charge is -2.07. The Kier molecular flexibility index (Phi) is 6.38. The molecule has 108 valence electrons. The first-order valence-electron chi connectivity index (χ1n) is 5.78. The van der Waals surface area contributed by atoms with Crippen LogP contribution >= 0.6 is 11.8 Å². The first-order chi connectivity index (χ1) is 9.47. The number of hydrogen-bond acceptors (Lipinski definition) is 4. The molecule has 0 unspecified atom stereocenters. The van der Waals surface area contributed by atoms with E-state index in [1.165, 1.54) is 11.8 Å². The number of rotatable bonds is 5. The number of nitrogens with two attached hydrogens (primary N) is 1. The molecule has 0 bridgehead atoms. The fourth-order valence-corrected chi connectivity index (χ4v) is 1.87. The molecule has 0 saturated carbocycles. The van der Waals surface area contributed by atoms with E-state index in [0.29, 0.717) is 0 Å². The van der Waals surface area contributed by atoms with Crippen molar-refractivity contribution in [1.29, 1.82) is 0 Å². The summed E-state index contributed by atoms with van der Waals surface area (Å²) in [5.41, 5.74) is 10.3. The summed E-state index contributed by atoms with van der Waals surface area (Å²) in [6, 6.07) is 6.95. The molecule has 1 aromatic carbocycles. The molecule has 5 N–H and O–H groups in total. The van der Waals surface area contributed by atoms with Crippen molar-refractivity contribution >= 4 is 29.6 Å². The van der Waals surface area contributed by atoms with Gasteiger partial charge in [-0.2, -0.15) is 0 Å². The SMILES string of the molecule is Cc1ccc(SCC(=O)NNC(=O)CNC(N)=O)cc1. The Labute approximate surface area is 120 Å². The first kappa shape index (κ1) is 15.8. The van der Waals surface area contributed by atoms with E-state index in [-0.39, 0.29) is 18.2 Å². The van der Waals surface area contributed by atoms with Gasteiger partial charge in [-0.1, -0.05) is 17.7 Å². The number of benzene rings is 1. The third kappa shape index (κ3) is 6.64. The zero-order valence-electron chi connectivity index (χ0n) is 10.9. The van der Waals surface area contributed by atoms with Crippen LogP contribution in [0.4, 0.5) is 4.79 Å². The number of primary amides is 1. The van der Waals surface area contributed by atoms with Gasteiger partial charge in [0, 0.05) is 4.90 Å². The first-order valence-corrected chi connectivity index (χ1v) is 6.76. The largest absolute Gasteiger partial charge is 0.352 e. The number of hydrogen-bond donors (Lipinski definition) is 4. The van der Waals surface area contributed by atoms with E-state index < -0.39 is 11.9 Å². The van der Waals surface area contributed by atoms with Crippen molar-refractivity contribution in [3.05, 3.63) is 29.8 Å². The van der Waals surface area contributed by atoms with Gasteiger partial charge in [-0.25, -0.2) is 4.79 Å². The van der Waals surface area contributed by atoms with E-state index in [9.17, 15) is 14.4 Å². The highest BCUT2D eigenvalue weighted by molar-refractivity contribution is 8.00. The van der Waals surface area contributed by atoms with Gasteiger partial charge in [0.2, 0.25) is 5.91 Å². The predicted octanol–water partition coefficient (Wildman–Crippen LogP) is -0.0972. The Balaban J connectivity index is 2.21. The lowest BCUT2D eigenvalue weighted by Crippen LogP contribution is -2.47. The van der Waals surface area contributed by atoms with E-state index in [4.69, 9.17) is 5.73 Å². The van der Waals surface area contributed by atoms with Gasteiger partial charge >= 0.3 is 6.03 Å². The number of nitrogens with one attached hydrogen (secondary N) is 3. The van der Waals surface area contributed by atoms with E-state index >= 15 is 0 Å². The third-order valence-electron chi connectivity index (χ3n) is 2.16. The van der Waals surface area contributed by atoms with Crippen LogP contribution in [0.25, 0.3) is 0 Å². The van der Waals surface area contributed by atoms with Gasteiger partial charge in [0.25, 0.3) is 5.91 Å². The Morgan fingerprint density at radius 3 is 2.30 bits per heavy atom. The predicted molar refractivity (Wildman–Crippen MR) is 75.8 cm³/mol. The van der Waals surface area contributed by atoms with Gasteiger partial charge in [-0.15, -0.1) is 11.8 Å². The maximum atomic E-state index is 11.5. The number of urea groups is 1. The van der Waals surface area contributed by atoms with E-state index in [1.807, 2.05) is 31.2 Å². The van der Waals surface area contributed by atoms with Crippen LogP contribution in [0, 0.1) is 6.92 Å². The third-order valence-corrected chi connectivity index (χ3v) is 3.17. The molecule has 7 nitrogen and oxygen atoms in total. The van der Waals surface area contributed by atoms with Crippen molar-refractivity contribution in [3.63, 3.8) is 0 Å². The average Bonchev–Trinajstić information content (AvgIpc) is 2.42. The lowest BCUT2D eigenvalue weighted by molar-refractivity contribution is -0.127. The highest BCUT2D eigenvalue weighted by Gasteiger charge is 2.06. The quantitative estimate of drug-likeness (QED) is 0.449. The Hall–Kier alpha value is -2.22. The second kappa shape index (κ2) is 8.05. The summed E-state index contributed by atoms with van der Waals surface area (Å²) < 4.78 is 0. The monoisotopic (exact) mass is 296 g/mol. The molecular formula is C12H16N4O3S. The molecule has 1 rings (SSSR count). The van der Waals surface area contributed by atoms with Crippen LogP contribution in [-0.2, 0) is 9.59 Å². The van der Waals surface area contributed by atoms with Crippen LogP contribution in [-0.4, -0.2) is 30.1 Å². The number of thioether (sulfide) groups is 1. The molecule has 0 spiro atoms. The Morgan fingerprint density at radius 1 is 1.10 bits per heavy atom. The number of hydrazine groups is 1. The smallest absolute Gasteiger partial charge is 0.312 e. The molecule has 20 heavy (non-hydrogen) atoms. The van der Waals surface area contributed by atoms with Crippen LogP contribution in [0.15, 0.2) is 29.2 Å². The van der Waals surface area contributed by atoms with Crippen LogP contribution in [0.5, 0.6) is 0 Å². The summed E-state index contributed by atoms with van der Waals surface area (Å²) in [5, 5.41) is 2.10. The van der Waals surface area contributed by atoms with Crippen LogP contribution in [0.1, 0.15) is 5.56 Å². The van der Waals surface area contributed by atoms with Gasteiger partial charge in [0.15, 0.2) is 0 Å². The summed E-state index contributed by atoms with van der Waals surface area (Å²) in [6.45, 7) is 1.69. The maximum absolute atomic E-state index is 11.5. The highest BCUT2D eigenvalue weighted by Crippen LogP contribution is 2.17. The van der Waals surface area contributed by atoms with Crippen LogP contribution in [0.3, 0.4) is 0 Å². The second-order valence-corrected chi connectivity index (χ2v) is 4.96. The molecule has 1 aromatic rings. The normalized spacial score (nSPS) is 9.65. The minimum Gasteiger partial charge on any atom is -0.352 e. The molecular weight excluding hydrogens is 280 g/mol. The van der Waals surface area contributed by atoms with Crippen molar-refractivity contribution in [2.75, 3.05) is 12.3 Å². The van der Waals surface area contributed by atoms with Crippen molar-refractivity contribution in [2.24, 2.45) is 5.73 Å². The van der Waals surface area contributed by atoms with Gasteiger partial charge < -0.3 is 11.1 Å². The van der Waals surface area contributed by atoms with Crippen molar-refractivity contribution in [2.45, 2.75) is 11.8 Å². The standard InChI is InChI=1S/C12H16N4O3S/c1-8-2-4-9(5-3-8)20-7-11(18)16-15-10(17)6-14-12(13)19/h2-5H,6-7H2,1H3,(H,15,17)(H,16,18)(H3,13,14,19). The molecule has 0 aliphatic heterocycles. The topological polar surface area (TPSA) is 113 Å². The van der Waals surface area contributed by atoms with Crippen LogP contribution in [0.2, 0.25) is 0 Å². The number of carbonyl (C=O) groups excluding carboxylic acids is 3. The van der Waals surface area contributed by atoms with Gasteiger partial charge in [-0.05, 0) is 19.1 Å².